The van der Waals surface area contributed by atoms with Crippen molar-refractivity contribution in [2.24, 2.45) is 5.92 Å². The fourth-order valence-electron chi connectivity index (χ4n) is 2.98. The summed E-state index contributed by atoms with van der Waals surface area (Å²) in [4.78, 5) is 8.88. The highest BCUT2D eigenvalue weighted by atomic mass is 15.3. The monoisotopic (exact) mass is 285 g/mol. The third-order valence-electron chi connectivity index (χ3n) is 4.03. The van der Waals surface area contributed by atoms with Crippen LogP contribution in [0.5, 0.6) is 0 Å². The van der Waals surface area contributed by atoms with Gasteiger partial charge >= 0.3 is 0 Å². The van der Waals surface area contributed by atoms with Gasteiger partial charge in [0.1, 0.15) is 6.33 Å². The fourth-order valence-corrected chi connectivity index (χ4v) is 2.98. The molecule has 0 spiro atoms. The van der Waals surface area contributed by atoms with E-state index in [2.05, 4.69) is 33.4 Å². The van der Waals surface area contributed by atoms with Crippen molar-refractivity contribution in [2.45, 2.75) is 39.2 Å². The number of piperidine rings is 1. The maximum Gasteiger partial charge on any atom is 0.116 e. The molecule has 1 atom stereocenters. The topological polar surface area (TPSA) is 55.6 Å². The van der Waals surface area contributed by atoms with Gasteiger partial charge in [0.2, 0.25) is 0 Å². The van der Waals surface area contributed by atoms with E-state index in [4.69, 9.17) is 0 Å². The Balaban J connectivity index is 1.77. The van der Waals surface area contributed by atoms with Crippen LogP contribution in [0.25, 0.3) is 11.4 Å². The van der Waals surface area contributed by atoms with Crippen molar-refractivity contribution >= 4 is 0 Å². The zero-order valence-electron chi connectivity index (χ0n) is 12.6. The van der Waals surface area contributed by atoms with E-state index >= 15 is 0 Å². The predicted molar refractivity (Wildman–Crippen MR) is 82.8 cm³/mol. The van der Waals surface area contributed by atoms with E-state index in [0.717, 1.165) is 49.6 Å². The zero-order chi connectivity index (χ0) is 14.5. The minimum Gasteiger partial charge on any atom is -0.316 e. The van der Waals surface area contributed by atoms with E-state index in [1.165, 1.54) is 12.8 Å². The normalized spacial score (nSPS) is 18.8. The molecule has 1 aliphatic rings. The summed E-state index contributed by atoms with van der Waals surface area (Å²) in [5.41, 5.74) is 3.20. The average molecular weight is 285 g/mol. The Morgan fingerprint density at radius 3 is 3.14 bits per heavy atom. The zero-order valence-corrected chi connectivity index (χ0v) is 12.6. The number of aryl methyl sites for hydroxylation is 1. The van der Waals surface area contributed by atoms with Gasteiger partial charge < -0.3 is 5.32 Å². The summed E-state index contributed by atoms with van der Waals surface area (Å²) < 4.78 is 2.02. The lowest BCUT2D eigenvalue weighted by Crippen LogP contribution is -2.31. The van der Waals surface area contributed by atoms with Crippen molar-refractivity contribution in [1.82, 2.24) is 25.1 Å². The Bertz CT molecular complexity index is 572. The predicted octanol–water partition coefficient (Wildman–Crippen LogP) is 2.29. The number of rotatable bonds is 5. The molecule has 5 nitrogen and oxygen atoms in total. The molecule has 0 aliphatic carbocycles. The highest BCUT2D eigenvalue weighted by Gasteiger charge is 2.15. The van der Waals surface area contributed by atoms with Crippen LogP contribution < -0.4 is 5.32 Å². The first kappa shape index (κ1) is 14.2. The lowest BCUT2D eigenvalue weighted by atomic mass is 9.94. The summed E-state index contributed by atoms with van der Waals surface area (Å²) >= 11 is 0. The minimum atomic E-state index is 0.696. The average Bonchev–Trinajstić information content (AvgIpc) is 2.97. The van der Waals surface area contributed by atoms with Gasteiger partial charge in [-0.15, -0.1) is 0 Å². The molecule has 2 aromatic rings. The first-order valence-corrected chi connectivity index (χ1v) is 7.90. The van der Waals surface area contributed by atoms with Gasteiger partial charge in [-0.2, -0.15) is 5.10 Å². The van der Waals surface area contributed by atoms with Gasteiger partial charge in [0.25, 0.3) is 0 Å². The second kappa shape index (κ2) is 6.80. The van der Waals surface area contributed by atoms with Crippen molar-refractivity contribution in [1.29, 1.82) is 0 Å². The molecule has 1 aliphatic heterocycles. The second-order valence-corrected chi connectivity index (χ2v) is 5.75. The summed E-state index contributed by atoms with van der Waals surface area (Å²) in [5.74, 6) is 0.696. The van der Waals surface area contributed by atoms with E-state index in [1.54, 1.807) is 6.33 Å². The Morgan fingerprint density at radius 2 is 2.33 bits per heavy atom. The lowest BCUT2D eigenvalue weighted by molar-refractivity contribution is 0.373. The second-order valence-electron chi connectivity index (χ2n) is 5.75. The summed E-state index contributed by atoms with van der Waals surface area (Å²) in [7, 11) is 0. The third kappa shape index (κ3) is 3.47. The van der Waals surface area contributed by atoms with E-state index in [9.17, 15) is 0 Å². The van der Waals surface area contributed by atoms with Crippen LogP contribution >= 0.6 is 0 Å². The van der Waals surface area contributed by atoms with Crippen LogP contribution in [0.1, 0.15) is 31.9 Å². The van der Waals surface area contributed by atoms with E-state index in [0.29, 0.717) is 5.92 Å². The van der Waals surface area contributed by atoms with Crippen LogP contribution in [-0.2, 0) is 13.0 Å². The largest absolute Gasteiger partial charge is 0.316 e. The smallest absolute Gasteiger partial charge is 0.116 e. The molecule has 2 aromatic heterocycles. The number of nitrogens with one attached hydrogen (secondary N) is 1. The summed E-state index contributed by atoms with van der Waals surface area (Å²) in [6.45, 7) is 5.34. The first-order valence-electron chi connectivity index (χ1n) is 7.90. The molecule has 1 fully saturated rings. The summed E-state index contributed by atoms with van der Waals surface area (Å²) in [5, 5.41) is 7.84. The summed E-state index contributed by atoms with van der Waals surface area (Å²) in [6.07, 6.45) is 8.19. The van der Waals surface area contributed by atoms with Crippen molar-refractivity contribution < 1.29 is 0 Å². The molecule has 0 unspecified atom stereocenters. The van der Waals surface area contributed by atoms with Crippen LogP contribution in [0.2, 0.25) is 0 Å². The Kier molecular flexibility index (Phi) is 4.60. The van der Waals surface area contributed by atoms with Gasteiger partial charge in [-0.05, 0) is 56.8 Å². The van der Waals surface area contributed by atoms with Crippen molar-refractivity contribution in [3.8, 4) is 11.4 Å². The molecule has 1 saturated heterocycles. The molecule has 0 amide bonds. The van der Waals surface area contributed by atoms with Crippen molar-refractivity contribution in [2.75, 3.05) is 13.1 Å². The molecule has 0 radical (unpaired) electrons. The Hall–Kier alpha value is -1.75. The van der Waals surface area contributed by atoms with Crippen LogP contribution in [0, 0.1) is 5.92 Å². The molecule has 3 rings (SSSR count). The Labute approximate surface area is 125 Å². The highest BCUT2D eigenvalue weighted by Crippen LogP contribution is 2.20. The molecule has 1 N–H and O–H groups in total. The number of nitrogens with zero attached hydrogens (tertiary/aromatic N) is 4. The van der Waals surface area contributed by atoms with Gasteiger partial charge in [0.15, 0.2) is 0 Å². The van der Waals surface area contributed by atoms with Crippen molar-refractivity contribution in [3.05, 3.63) is 30.4 Å². The number of hydrogen-bond donors (Lipinski definition) is 1. The molecule has 21 heavy (non-hydrogen) atoms. The van der Waals surface area contributed by atoms with E-state index < -0.39 is 0 Å². The van der Waals surface area contributed by atoms with Crippen LogP contribution in [0.3, 0.4) is 0 Å². The SMILES string of the molecule is CCCn1nccc1-c1cc(C[C@H]2CCCNC2)ncn1. The molecular weight excluding hydrogens is 262 g/mol. The first-order chi connectivity index (χ1) is 10.4. The quantitative estimate of drug-likeness (QED) is 0.916. The van der Waals surface area contributed by atoms with Gasteiger partial charge in [-0.3, -0.25) is 4.68 Å². The standard InChI is InChI=1S/C16H23N5/c1-2-8-21-16(5-7-20-21)15-10-14(18-12-19-15)9-13-4-3-6-17-11-13/h5,7,10,12-13,17H,2-4,6,8-9,11H2,1H3/t13-/m1/s1. The maximum absolute atomic E-state index is 4.45. The van der Waals surface area contributed by atoms with E-state index in [1.807, 2.05) is 16.9 Å². The van der Waals surface area contributed by atoms with Crippen molar-refractivity contribution in [3.63, 3.8) is 0 Å². The lowest BCUT2D eigenvalue weighted by Gasteiger charge is -2.22. The number of hydrogen-bond acceptors (Lipinski definition) is 4. The molecular formula is C16H23N5. The third-order valence-corrected chi connectivity index (χ3v) is 4.03. The molecule has 112 valence electrons. The molecule has 0 saturated carbocycles. The van der Waals surface area contributed by atoms with E-state index in [-0.39, 0.29) is 0 Å². The van der Waals surface area contributed by atoms with Gasteiger partial charge in [-0.25, -0.2) is 9.97 Å². The molecule has 0 aromatic carbocycles. The van der Waals surface area contributed by atoms with Crippen LogP contribution in [-0.4, -0.2) is 32.8 Å². The van der Waals surface area contributed by atoms with Gasteiger partial charge in [0, 0.05) is 18.4 Å². The Morgan fingerprint density at radius 1 is 1.38 bits per heavy atom. The van der Waals surface area contributed by atoms with Crippen LogP contribution in [0.15, 0.2) is 24.7 Å². The van der Waals surface area contributed by atoms with Crippen LogP contribution in [0.4, 0.5) is 0 Å². The fraction of sp³-hybridized carbons (Fsp3) is 0.562. The molecule has 0 bridgehead atoms. The molecule has 3 heterocycles. The number of aromatic nitrogens is 4. The highest BCUT2D eigenvalue weighted by molar-refractivity contribution is 5.54. The van der Waals surface area contributed by atoms with Gasteiger partial charge in [-0.1, -0.05) is 6.92 Å². The molecule has 5 heteroatoms. The maximum atomic E-state index is 4.45. The minimum absolute atomic E-state index is 0.696. The van der Waals surface area contributed by atoms with Gasteiger partial charge in [0.05, 0.1) is 11.4 Å². The summed E-state index contributed by atoms with van der Waals surface area (Å²) in [6, 6.07) is 4.15.